The largest absolute Gasteiger partial charge is 0.253 e. The Hall–Kier alpha value is -2.80. The molecule has 70 valence electrons. The molecule has 2 heterocycles. The third kappa shape index (κ3) is 1.62. The van der Waals surface area contributed by atoms with E-state index in [9.17, 15) is 0 Å². The maximum Gasteiger partial charge on any atom is 0.253 e. The van der Waals surface area contributed by atoms with E-state index in [-0.39, 0.29) is 17.5 Å². The van der Waals surface area contributed by atoms with E-state index in [2.05, 4.69) is 20.1 Å². The van der Waals surface area contributed by atoms with Gasteiger partial charge in [-0.2, -0.15) is 15.2 Å². The van der Waals surface area contributed by atoms with Crippen LogP contribution in [0, 0.1) is 22.7 Å². The second-order valence-corrected chi connectivity index (χ2v) is 2.48. The van der Waals surface area contributed by atoms with Gasteiger partial charge in [-0.25, -0.2) is 15.0 Å². The highest BCUT2D eigenvalue weighted by molar-refractivity contribution is 5.22. The first-order valence-electron chi connectivity index (χ1n) is 3.89. The number of nitriles is 2. The Morgan fingerprint density at radius 2 is 2.07 bits per heavy atom. The van der Waals surface area contributed by atoms with Gasteiger partial charge in [0.2, 0.25) is 0 Å². The SMILES string of the molecule is N#Cc1ccnc(-n2cnc(C#N)n2)n1. The van der Waals surface area contributed by atoms with E-state index in [0.29, 0.717) is 0 Å². The standard InChI is InChI=1S/C8H3N7/c9-3-6-1-2-11-8(13-6)15-5-12-7(4-10)14-15/h1-2,5H. The number of nitrogens with zero attached hydrogens (tertiary/aromatic N) is 7. The lowest BCUT2D eigenvalue weighted by molar-refractivity contribution is 0.800. The molecule has 0 aliphatic carbocycles. The Morgan fingerprint density at radius 3 is 2.73 bits per heavy atom. The van der Waals surface area contributed by atoms with E-state index in [4.69, 9.17) is 10.5 Å². The summed E-state index contributed by atoms with van der Waals surface area (Å²) in [6.07, 6.45) is 2.75. The monoisotopic (exact) mass is 197 g/mol. The molecule has 2 aromatic rings. The van der Waals surface area contributed by atoms with Gasteiger partial charge in [-0.3, -0.25) is 0 Å². The molecule has 0 spiro atoms. The zero-order chi connectivity index (χ0) is 10.7. The van der Waals surface area contributed by atoms with Gasteiger partial charge in [0, 0.05) is 6.20 Å². The van der Waals surface area contributed by atoms with Crippen LogP contribution in [0.5, 0.6) is 0 Å². The van der Waals surface area contributed by atoms with Crippen molar-refractivity contribution in [3.63, 3.8) is 0 Å². The Labute approximate surface area is 84.3 Å². The van der Waals surface area contributed by atoms with Gasteiger partial charge in [0.15, 0.2) is 0 Å². The fourth-order valence-corrected chi connectivity index (χ4v) is 0.932. The van der Waals surface area contributed by atoms with Gasteiger partial charge in [0.1, 0.15) is 24.2 Å². The second-order valence-electron chi connectivity index (χ2n) is 2.48. The summed E-state index contributed by atoms with van der Waals surface area (Å²) < 4.78 is 1.24. The topological polar surface area (TPSA) is 104 Å². The van der Waals surface area contributed by atoms with Crippen LogP contribution in [0.2, 0.25) is 0 Å². The van der Waals surface area contributed by atoms with Gasteiger partial charge in [0.25, 0.3) is 11.8 Å². The minimum absolute atomic E-state index is 0.0287. The fourth-order valence-electron chi connectivity index (χ4n) is 0.932. The van der Waals surface area contributed by atoms with Crippen LogP contribution in [0.1, 0.15) is 11.5 Å². The number of aromatic nitrogens is 5. The summed E-state index contributed by atoms with van der Waals surface area (Å²) >= 11 is 0. The molecular weight excluding hydrogens is 194 g/mol. The van der Waals surface area contributed by atoms with Gasteiger partial charge in [-0.1, -0.05) is 0 Å². The Kier molecular flexibility index (Phi) is 2.06. The van der Waals surface area contributed by atoms with Crippen molar-refractivity contribution in [1.29, 1.82) is 10.5 Å². The van der Waals surface area contributed by atoms with Crippen LogP contribution in [-0.4, -0.2) is 24.7 Å². The Balaban J connectivity index is 2.46. The highest BCUT2D eigenvalue weighted by atomic mass is 15.4. The van der Waals surface area contributed by atoms with Crippen LogP contribution in [-0.2, 0) is 0 Å². The molecule has 2 rings (SSSR count). The fraction of sp³-hybridized carbons (Fsp3) is 0. The molecular formula is C8H3N7. The quantitative estimate of drug-likeness (QED) is 0.626. The third-order valence-corrected chi connectivity index (χ3v) is 1.55. The van der Waals surface area contributed by atoms with Crippen LogP contribution in [0.3, 0.4) is 0 Å². The smallest absolute Gasteiger partial charge is 0.220 e. The molecule has 0 radical (unpaired) electrons. The van der Waals surface area contributed by atoms with Crippen LogP contribution >= 0.6 is 0 Å². The maximum atomic E-state index is 8.62. The zero-order valence-corrected chi connectivity index (χ0v) is 7.36. The minimum Gasteiger partial charge on any atom is -0.220 e. The van der Waals surface area contributed by atoms with Crippen LogP contribution in [0.15, 0.2) is 18.6 Å². The normalized spacial score (nSPS) is 9.20. The van der Waals surface area contributed by atoms with Crippen LogP contribution < -0.4 is 0 Å². The molecule has 7 nitrogen and oxygen atoms in total. The highest BCUT2D eigenvalue weighted by Crippen LogP contribution is 1.99. The first-order chi connectivity index (χ1) is 7.33. The Bertz CT molecular complexity index is 571. The third-order valence-electron chi connectivity index (χ3n) is 1.55. The summed E-state index contributed by atoms with van der Waals surface area (Å²) in [7, 11) is 0. The summed E-state index contributed by atoms with van der Waals surface area (Å²) in [6, 6.07) is 5.14. The number of hydrogen-bond acceptors (Lipinski definition) is 6. The molecule has 0 aliphatic heterocycles. The zero-order valence-electron chi connectivity index (χ0n) is 7.36. The first-order valence-corrected chi connectivity index (χ1v) is 3.89. The second kappa shape index (κ2) is 3.52. The van der Waals surface area contributed by atoms with E-state index in [0.717, 1.165) is 0 Å². The van der Waals surface area contributed by atoms with E-state index in [1.165, 1.54) is 23.3 Å². The molecule has 0 aromatic carbocycles. The van der Waals surface area contributed by atoms with Gasteiger partial charge in [-0.05, 0) is 6.07 Å². The van der Waals surface area contributed by atoms with Crippen molar-refractivity contribution in [1.82, 2.24) is 24.7 Å². The molecule has 0 N–H and O–H groups in total. The molecule has 7 heteroatoms. The summed E-state index contributed by atoms with van der Waals surface area (Å²) in [5, 5.41) is 20.9. The molecule has 0 saturated carbocycles. The van der Waals surface area contributed by atoms with Crippen LogP contribution in [0.4, 0.5) is 0 Å². The lowest BCUT2D eigenvalue weighted by Gasteiger charge is -1.96. The van der Waals surface area contributed by atoms with E-state index < -0.39 is 0 Å². The average Bonchev–Trinajstić information content (AvgIpc) is 2.78. The Morgan fingerprint density at radius 1 is 1.20 bits per heavy atom. The molecule has 0 atom stereocenters. The molecule has 0 aliphatic rings. The summed E-state index contributed by atoms with van der Waals surface area (Å²) in [6.45, 7) is 0. The van der Waals surface area contributed by atoms with E-state index in [1.54, 1.807) is 6.07 Å². The molecule has 0 bridgehead atoms. The van der Waals surface area contributed by atoms with Crippen molar-refractivity contribution in [3.05, 3.63) is 30.1 Å². The van der Waals surface area contributed by atoms with Crippen molar-refractivity contribution < 1.29 is 0 Å². The molecule has 0 fully saturated rings. The lowest BCUT2D eigenvalue weighted by Crippen LogP contribution is -2.02. The van der Waals surface area contributed by atoms with E-state index >= 15 is 0 Å². The molecule has 0 saturated heterocycles. The van der Waals surface area contributed by atoms with E-state index in [1.807, 2.05) is 6.07 Å². The average molecular weight is 197 g/mol. The summed E-state index contributed by atoms with van der Waals surface area (Å²) in [5.41, 5.74) is 0.231. The number of rotatable bonds is 1. The van der Waals surface area contributed by atoms with Gasteiger partial charge < -0.3 is 0 Å². The first kappa shape index (κ1) is 8.78. The lowest BCUT2D eigenvalue weighted by atomic mass is 10.4. The van der Waals surface area contributed by atoms with Crippen molar-refractivity contribution in [3.8, 4) is 18.1 Å². The van der Waals surface area contributed by atoms with Gasteiger partial charge in [-0.15, -0.1) is 5.10 Å². The highest BCUT2D eigenvalue weighted by Gasteiger charge is 2.04. The maximum absolute atomic E-state index is 8.62. The van der Waals surface area contributed by atoms with Crippen molar-refractivity contribution in [2.75, 3.05) is 0 Å². The summed E-state index contributed by atoms with van der Waals surface area (Å²) in [5.74, 6) is 0.240. The van der Waals surface area contributed by atoms with Gasteiger partial charge in [0.05, 0.1) is 0 Å². The van der Waals surface area contributed by atoms with Crippen molar-refractivity contribution in [2.24, 2.45) is 0 Å². The summed E-state index contributed by atoms with van der Waals surface area (Å²) in [4.78, 5) is 11.5. The van der Waals surface area contributed by atoms with Crippen molar-refractivity contribution in [2.45, 2.75) is 0 Å². The number of hydrogen-bond donors (Lipinski definition) is 0. The molecule has 15 heavy (non-hydrogen) atoms. The van der Waals surface area contributed by atoms with Gasteiger partial charge >= 0.3 is 0 Å². The van der Waals surface area contributed by atoms with Crippen molar-refractivity contribution >= 4 is 0 Å². The van der Waals surface area contributed by atoms with Crippen LogP contribution in [0.25, 0.3) is 5.95 Å². The minimum atomic E-state index is 0.0287. The molecule has 0 unspecified atom stereocenters. The molecule has 2 aromatic heterocycles. The predicted octanol–water partition coefficient (Wildman–Crippen LogP) is -0.199. The molecule has 0 amide bonds. The predicted molar refractivity (Wildman–Crippen MR) is 46.4 cm³/mol.